The third-order valence-electron chi connectivity index (χ3n) is 1.88. The van der Waals surface area contributed by atoms with Gasteiger partial charge in [0.25, 0.3) is 0 Å². The SMILES string of the molecule is COC(=O)C=Cc1cc(F)ccc1CO. The summed E-state index contributed by atoms with van der Waals surface area (Å²) in [5.74, 6) is -0.945. The molecule has 0 radical (unpaired) electrons. The fraction of sp³-hybridized carbons (Fsp3) is 0.182. The number of esters is 1. The molecule has 1 rings (SSSR count). The van der Waals surface area contributed by atoms with E-state index in [-0.39, 0.29) is 6.61 Å². The van der Waals surface area contributed by atoms with Gasteiger partial charge in [-0.3, -0.25) is 0 Å². The highest BCUT2D eigenvalue weighted by molar-refractivity contribution is 5.87. The van der Waals surface area contributed by atoms with Crippen molar-refractivity contribution in [1.29, 1.82) is 0 Å². The molecule has 0 aliphatic rings. The minimum Gasteiger partial charge on any atom is -0.466 e. The molecule has 3 nitrogen and oxygen atoms in total. The normalized spacial score (nSPS) is 10.6. The van der Waals surface area contributed by atoms with Crippen LogP contribution in [0.4, 0.5) is 4.39 Å². The third-order valence-corrected chi connectivity index (χ3v) is 1.88. The second-order valence-electron chi connectivity index (χ2n) is 2.86. The van der Waals surface area contributed by atoms with Crippen LogP contribution in [0.2, 0.25) is 0 Å². The average molecular weight is 210 g/mol. The summed E-state index contributed by atoms with van der Waals surface area (Å²) in [6.07, 6.45) is 2.58. The fourth-order valence-corrected chi connectivity index (χ4v) is 1.09. The van der Waals surface area contributed by atoms with Gasteiger partial charge >= 0.3 is 5.97 Å². The minimum absolute atomic E-state index is 0.207. The smallest absolute Gasteiger partial charge is 0.330 e. The zero-order valence-electron chi connectivity index (χ0n) is 8.24. The van der Waals surface area contributed by atoms with Crippen LogP contribution in [-0.4, -0.2) is 18.2 Å². The Hall–Kier alpha value is -1.68. The number of methoxy groups -OCH3 is 1. The van der Waals surface area contributed by atoms with Crippen LogP contribution < -0.4 is 0 Å². The molecule has 0 aliphatic heterocycles. The molecule has 1 aromatic carbocycles. The van der Waals surface area contributed by atoms with Gasteiger partial charge in [-0.15, -0.1) is 0 Å². The van der Waals surface area contributed by atoms with Crippen LogP contribution in [0.5, 0.6) is 0 Å². The molecule has 0 amide bonds. The number of rotatable bonds is 3. The fourth-order valence-electron chi connectivity index (χ4n) is 1.09. The van der Waals surface area contributed by atoms with E-state index >= 15 is 0 Å². The van der Waals surface area contributed by atoms with Gasteiger partial charge in [-0.05, 0) is 29.3 Å². The molecule has 0 fully saturated rings. The molecule has 15 heavy (non-hydrogen) atoms. The maximum Gasteiger partial charge on any atom is 0.330 e. The summed E-state index contributed by atoms with van der Waals surface area (Å²) in [6, 6.07) is 3.96. The first-order valence-electron chi connectivity index (χ1n) is 4.32. The number of ether oxygens (including phenoxy) is 1. The Bertz CT molecular complexity index is 385. The van der Waals surface area contributed by atoms with E-state index in [1.54, 1.807) is 0 Å². The van der Waals surface area contributed by atoms with Gasteiger partial charge in [0.2, 0.25) is 0 Å². The van der Waals surface area contributed by atoms with Crippen molar-refractivity contribution >= 4 is 12.0 Å². The minimum atomic E-state index is -0.525. The molecular weight excluding hydrogens is 199 g/mol. The van der Waals surface area contributed by atoms with Crippen LogP contribution in [0, 0.1) is 5.82 Å². The lowest BCUT2D eigenvalue weighted by atomic mass is 10.1. The molecule has 0 unspecified atom stereocenters. The summed E-state index contributed by atoms with van der Waals surface area (Å²) >= 11 is 0. The summed E-state index contributed by atoms with van der Waals surface area (Å²) in [4.78, 5) is 10.8. The van der Waals surface area contributed by atoms with Crippen molar-refractivity contribution in [2.75, 3.05) is 7.11 Å². The molecule has 0 atom stereocenters. The number of halogens is 1. The summed E-state index contributed by atoms with van der Waals surface area (Å²) in [7, 11) is 1.26. The molecule has 0 saturated carbocycles. The molecular formula is C11H11FO3. The van der Waals surface area contributed by atoms with E-state index in [0.29, 0.717) is 11.1 Å². The highest BCUT2D eigenvalue weighted by Gasteiger charge is 2.01. The van der Waals surface area contributed by atoms with E-state index in [2.05, 4.69) is 4.74 Å². The molecule has 0 bridgehead atoms. The zero-order chi connectivity index (χ0) is 11.3. The zero-order valence-corrected chi connectivity index (χ0v) is 8.24. The third kappa shape index (κ3) is 3.18. The van der Waals surface area contributed by atoms with Crippen LogP contribution >= 0.6 is 0 Å². The molecule has 0 heterocycles. The number of carbonyl (C=O) groups is 1. The van der Waals surface area contributed by atoms with Crippen molar-refractivity contribution in [3.63, 3.8) is 0 Å². The number of hydrogen-bond acceptors (Lipinski definition) is 3. The highest BCUT2D eigenvalue weighted by Crippen LogP contribution is 2.13. The van der Waals surface area contributed by atoms with Gasteiger partial charge in [-0.25, -0.2) is 9.18 Å². The summed E-state index contributed by atoms with van der Waals surface area (Å²) in [5.41, 5.74) is 1.01. The van der Waals surface area contributed by atoms with E-state index in [1.165, 1.54) is 37.5 Å². The van der Waals surface area contributed by atoms with Crippen LogP contribution in [0.1, 0.15) is 11.1 Å². The van der Waals surface area contributed by atoms with Gasteiger partial charge in [0.1, 0.15) is 5.82 Å². The van der Waals surface area contributed by atoms with Crippen molar-refractivity contribution < 1.29 is 19.0 Å². The van der Waals surface area contributed by atoms with E-state index in [0.717, 1.165) is 0 Å². The van der Waals surface area contributed by atoms with E-state index in [4.69, 9.17) is 5.11 Å². The lowest BCUT2D eigenvalue weighted by Crippen LogP contribution is -1.95. The Kier molecular flexibility index (Phi) is 4.00. The Balaban J connectivity index is 2.96. The molecule has 4 heteroatoms. The van der Waals surface area contributed by atoms with Crippen LogP contribution in [0.3, 0.4) is 0 Å². The van der Waals surface area contributed by atoms with Crippen molar-refractivity contribution in [3.05, 3.63) is 41.2 Å². The lowest BCUT2D eigenvalue weighted by molar-refractivity contribution is -0.134. The van der Waals surface area contributed by atoms with Crippen LogP contribution in [0.15, 0.2) is 24.3 Å². The molecule has 0 spiro atoms. The largest absolute Gasteiger partial charge is 0.466 e. The summed E-state index contributed by atoms with van der Waals surface area (Å²) in [5, 5.41) is 8.96. The maximum atomic E-state index is 12.9. The Morgan fingerprint density at radius 2 is 2.33 bits per heavy atom. The predicted octanol–water partition coefficient (Wildman–Crippen LogP) is 1.50. The van der Waals surface area contributed by atoms with Crippen molar-refractivity contribution in [2.24, 2.45) is 0 Å². The van der Waals surface area contributed by atoms with Gasteiger partial charge in [0, 0.05) is 6.08 Å². The monoisotopic (exact) mass is 210 g/mol. The van der Waals surface area contributed by atoms with Gasteiger partial charge in [-0.1, -0.05) is 6.07 Å². The first-order valence-corrected chi connectivity index (χ1v) is 4.32. The van der Waals surface area contributed by atoms with Crippen molar-refractivity contribution in [2.45, 2.75) is 6.61 Å². The van der Waals surface area contributed by atoms with E-state index in [9.17, 15) is 9.18 Å². The van der Waals surface area contributed by atoms with Gasteiger partial charge in [0.05, 0.1) is 13.7 Å². The van der Waals surface area contributed by atoms with Gasteiger partial charge in [-0.2, -0.15) is 0 Å². The predicted molar refractivity (Wildman–Crippen MR) is 53.4 cm³/mol. The second-order valence-corrected chi connectivity index (χ2v) is 2.86. The number of aliphatic hydroxyl groups is 1. The molecule has 80 valence electrons. The Morgan fingerprint density at radius 3 is 2.93 bits per heavy atom. The Labute approximate surface area is 86.8 Å². The summed E-state index contributed by atoms with van der Waals surface area (Å²) < 4.78 is 17.3. The average Bonchev–Trinajstić information content (AvgIpc) is 2.26. The molecule has 1 N–H and O–H groups in total. The van der Waals surface area contributed by atoms with Gasteiger partial charge < -0.3 is 9.84 Å². The number of hydrogen-bond donors (Lipinski definition) is 1. The summed E-state index contributed by atoms with van der Waals surface area (Å²) in [6.45, 7) is -0.207. The maximum absolute atomic E-state index is 12.9. The van der Waals surface area contributed by atoms with Crippen molar-refractivity contribution in [3.8, 4) is 0 Å². The van der Waals surface area contributed by atoms with Crippen LogP contribution in [0.25, 0.3) is 6.08 Å². The highest BCUT2D eigenvalue weighted by atomic mass is 19.1. The van der Waals surface area contributed by atoms with Crippen LogP contribution in [-0.2, 0) is 16.1 Å². The van der Waals surface area contributed by atoms with Crippen molar-refractivity contribution in [1.82, 2.24) is 0 Å². The number of aliphatic hydroxyl groups excluding tert-OH is 1. The second kappa shape index (κ2) is 5.26. The lowest BCUT2D eigenvalue weighted by Gasteiger charge is -2.02. The quantitative estimate of drug-likeness (QED) is 0.607. The van der Waals surface area contributed by atoms with Gasteiger partial charge in [0.15, 0.2) is 0 Å². The topological polar surface area (TPSA) is 46.5 Å². The Morgan fingerprint density at radius 1 is 1.60 bits per heavy atom. The molecule has 0 saturated heterocycles. The molecule has 1 aromatic rings. The first-order chi connectivity index (χ1) is 7.17. The van der Waals surface area contributed by atoms with E-state index in [1.807, 2.05) is 0 Å². The number of benzene rings is 1. The molecule has 0 aromatic heterocycles. The van der Waals surface area contributed by atoms with E-state index < -0.39 is 11.8 Å². The molecule has 0 aliphatic carbocycles. The standard InChI is InChI=1S/C11H11FO3/c1-15-11(14)5-3-8-6-10(12)4-2-9(8)7-13/h2-6,13H,7H2,1H3. The first kappa shape index (κ1) is 11.4. The number of carbonyl (C=O) groups excluding carboxylic acids is 1.